The lowest BCUT2D eigenvalue weighted by atomic mass is 10.1. The number of H-pyrrole nitrogens is 1. The summed E-state index contributed by atoms with van der Waals surface area (Å²) in [5.41, 5.74) is 2.40. The van der Waals surface area contributed by atoms with Crippen LogP contribution in [0.5, 0.6) is 0 Å². The number of halogens is 1. The molecular weight excluding hydrogens is 359 g/mol. The van der Waals surface area contributed by atoms with Gasteiger partial charge in [0, 0.05) is 45.0 Å². The van der Waals surface area contributed by atoms with Gasteiger partial charge < -0.3 is 19.7 Å². The summed E-state index contributed by atoms with van der Waals surface area (Å²) >= 11 is 0. The third-order valence-corrected chi connectivity index (χ3v) is 4.94. The predicted molar refractivity (Wildman–Crippen MR) is 106 cm³/mol. The van der Waals surface area contributed by atoms with Gasteiger partial charge in [-0.05, 0) is 31.8 Å². The van der Waals surface area contributed by atoms with E-state index in [1.54, 1.807) is 4.90 Å². The number of fused-ring (bicyclic) bond motifs is 1. The lowest BCUT2D eigenvalue weighted by Crippen LogP contribution is -2.49. The first-order valence-electron chi connectivity index (χ1n) is 9.28. The Kier molecular flexibility index (Phi) is 4.95. The number of rotatable bonds is 4. The van der Waals surface area contributed by atoms with Crippen molar-refractivity contribution in [3.63, 3.8) is 0 Å². The van der Waals surface area contributed by atoms with E-state index in [-0.39, 0.29) is 11.5 Å². The number of carbonyl (C=O) groups excluding carboxylic acids is 1. The number of nitrogens with zero attached hydrogens (tertiary/aromatic N) is 5. The molecule has 0 unspecified atom stereocenters. The van der Waals surface area contributed by atoms with E-state index in [9.17, 15) is 9.18 Å². The van der Waals surface area contributed by atoms with Crippen molar-refractivity contribution in [1.82, 2.24) is 24.8 Å². The molecule has 28 heavy (non-hydrogen) atoms. The number of aromatic amines is 1. The molecule has 1 aliphatic rings. The van der Waals surface area contributed by atoms with Crippen LogP contribution in [0.2, 0.25) is 0 Å². The molecule has 1 aliphatic heterocycles. The molecule has 3 heterocycles. The van der Waals surface area contributed by atoms with E-state index in [0.29, 0.717) is 37.2 Å². The second-order valence-corrected chi connectivity index (χ2v) is 7.29. The molecule has 0 spiro atoms. The fourth-order valence-corrected chi connectivity index (χ4v) is 3.49. The Bertz CT molecular complexity index is 976. The van der Waals surface area contributed by atoms with Gasteiger partial charge in [-0.1, -0.05) is 6.07 Å². The lowest BCUT2D eigenvalue weighted by molar-refractivity contribution is 0.0742. The van der Waals surface area contributed by atoms with E-state index < -0.39 is 5.82 Å². The Hall–Kier alpha value is -3.00. The van der Waals surface area contributed by atoms with Crippen LogP contribution in [0.1, 0.15) is 15.9 Å². The molecule has 1 aromatic carbocycles. The Morgan fingerprint density at radius 1 is 1.18 bits per heavy atom. The quantitative estimate of drug-likeness (QED) is 0.749. The van der Waals surface area contributed by atoms with Gasteiger partial charge in [-0.3, -0.25) is 4.79 Å². The van der Waals surface area contributed by atoms with E-state index in [1.807, 2.05) is 26.4 Å². The SMILES string of the molecule is CN(C)Cc1ccc(N2CCN(C(=O)c3cc4nc[nH]c4cc3F)CC2)nc1. The number of carbonyl (C=O) groups is 1. The number of anilines is 1. The van der Waals surface area contributed by atoms with Gasteiger partial charge in [-0.2, -0.15) is 0 Å². The summed E-state index contributed by atoms with van der Waals surface area (Å²) in [7, 11) is 4.05. The molecule has 0 atom stereocenters. The molecule has 3 aromatic rings. The first kappa shape index (κ1) is 18.4. The van der Waals surface area contributed by atoms with Crippen molar-refractivity contribution >= 4 is 22.8 Å². The highest BCUT2D eigenvalue weighted by Gasteiger charge is 2.25. The molecule has 4 rings (SSSR count). The zero-order valence-electron chi connectivity index (χ0n) is 16.0. The van der Waals surface area contributed by atoms with E-state index >= 15 is 0 Å². The number of aromatic nitrogens is 3. The summed E-state index contributed by atoms with van der Waals surface area (Å²) in [6.07, 6.45) is 3.38. The highest BCUT2D eigenvalue weighted by molar-refractivity contribution is 5.97. The van der Waals surface area contributed by atoms with E-state index in [1.165, 1.54) is 18.5 Å². The van der Waals surface area contributed by atoms with Crippen LogP contribution in [0.4, 0.5) is 10.2 Å². The summed E-state index contributed by atoms with van der Waals surface area (Å²) in [5, 5.41) is 0. The molecule has 8 heteroatoms. The van der Waals surface area contributed by atoms with Gasteiger partial charge >= 0.3 is 0 Å². The average Bonchev–Trinajstić information content (AvgIpc) is 3.14. The van der Waals surface area contributed by atoms with Crippen LogP contribution in [0.15, 0.2) is 36.8 Å². The molecule has 0 saturated carbocycles. The molecule has 2 aromatic heterocycles. The van der Waals surface area contributed by atoms with Crippen LogP contribution in [-0.2, 0) is 6.54 Å². The number of hydrogen-bond donors (Lipinski definition) is 1. The number of hydrogen-bond acceptors (Lipinski definition) is 5. The average molecular weight is 382 g/mol. The van der Waals surface area contributed by atoms with Crippen LogP contribution in [0, 0.1) is 5.82 Å². The molecule has 0 bridgehead atoms. The van der Waals surface area contributed by atoms with Gasteiger partial charge in [-0.15, -0.1) is 0 Å². The van der Waals surface area contributed by atoms with Crippen molar-refractivity contribution in [3.8, 4) is 0 Å². The van der Waals surface area contributed by atoms with Crippen molar-refractivity contribution < 1.29 is 9.18 Å². The number of imidazole rings is 1. The second-order valence-electron chi connectivity index (χ2n) is 7.29. The van der Waals surface area contributed by atoms with Gasteiger partial charge in [0.1, 0.15) is 11.6 Å². The van der Waals surface area contributed by atoms with E-state index in [2.05, 4.69) is 30.8 Å². The smallest absolute Gasteiger partial charge is 0.257 e. The Balaban J connectivity index is 1.41. The molecule has 1 amide bonds. The van der Waals surface area contributed by atoms with Crippen LogP contribution in [0.25, 0.3) is 11.0 Å². The summed E-state index contributed by atoms with van der Waals surface area (Å²) in [5.74, 6) is 0.0809. The van der Waals surface area contributed by atoms with Gasteiger partial charge in [0.05, 0.1) is 22.9 Å². The zero-order valence-corrected chi connectivity index (χ0v) is 16.0. The first-order valence-corrected chi connectivity index (χ1v) is 9.28. The highest BCUT2D eigenvalue weighted by Crippen LogP contribution is 2.20. The minimum atomic E-state index is -0.526. The fraction of sp³-hybridized carbons (Fsp3) is 0.350. The van der Waals surface area contributed by atoms with E-state index in [0.717, 1.165) is 17.9 Å². The highest BCUT2D eigenvalue weighted by atomic mass is 19.1. The number of piperazine rings is 1. The van der Waals surface area contributed by atoms with Gasteiger partial charge in [-0.25, -0.2) is 14.4 Å². The van der Waals surface area contributed by atoms with Crippen molar-refractivity contribution in [3.05, 3.63) is 53.7 Å². The number of benzene rings is 1. The maximum atomic E-state index is 14.4. The van der Waals surface area contributed by atoms with Crippen LogP contribution in [-0.4, -0.2) is 70.9 Å². The molecule has 146 valence electrons. The lowest BCUT2D eigenvalue weighted by Gasteiger charge is -2.35. The van der Waals surface area contributed by atoms with Crippen LogP contribution >= 0.6 is 0 Å². The molecule has 1 saturated heterocycles. The summed E-state index contributed by atoms with van der Waals surface area (Å²) < 4.78 is 14.4. The Morgan fingerprint density at radius 3 is 2.64 bits per heavy atom. The first-order chi connectivity index (χ1) is 13.5. The maximum Gasteiger partial charge on any atom is 0.257 e. The molecule has 7 nitrogen and oxygen atoms in total. The largest absolute Gasteiger partial charge is 0.353 e. The monoisotopic (exact) mass is 382 g/mol. The minimum Gasteiger partial charge on any atom is -0.353 e. The fourth-order valence-electron chi connectivity index (χ4n) is 3.49. The molecular formula is C20H23FN6O. The Morgan fingerprint density at radius 2 is 1.96 bits per heavy atom. The zero-order chi connectivity index (χ0) is 19.7. The van der Waals surface area contributed by atoms with Gasteiger partial charge in [0.2, 0.25) is 0 Å². The van der Waals surface area contributed by atoms with Crippen molar-refractivity contribution in [2.24, 2.45) is 0 Å². The normalized spacial score (nSPS) is 14.9. The minimum absolute atomic E-state index is 0.0687. The summed E-state index contributed by atoms with van der Waals surface area (Å²) in [6.45, 7) is 3.23. The summed E-state index contributed by atoms with van der Waals surface area (Å²) in [4.78, 5) is 30.2. The molecule has 1 N–H and O–H groups in total. The Labute approximate surface area is 162 Å². The predicted octanol–water partition coefficient (Wildman–Crippen LogP) is 2.12. The third kappa shape index (κ3) is 3.68. The number of amides is 1. The van der Waals surface area contributed by atoms with E-state index in [4.69, 9.17) is 0 Å². The second kappa shape index (κ2) is 7.55. The molecule has 0 aliphatic carbocycles. The van der Waals surface area contributed by atoms with Gasteiger partial charge in [0.25, 0.3) is 5.91 Å². The topological polar surface area (TPSA) is 68.4 Å². The maximum absolute atomic E-state index is 14.4. The molecule has 1 fully saturated rings. The van der Waals surface area contributed by atoms with Gasteiger partial charge in [0.15, 0.2) is 0 Å². The van der Waals surface area contributed by atoms with Crippen LogP contribution in [0.3, 0.4) is 0 Å². The molecule has 0 radical (unpaired) electrons. The van der Waals surface area contributed by atoms with Crippen molar-refractivity contribution in [2.45, 2.75) is 6.54 Å². The number of nitrogens with one attached hydrogen (secondary N) is 1. The third-order valence-electron chi connectivity index (χ3n) is 4.94. The summed E-state index contributed by atoms with van der Waals surface area (Å²) in [6, 6.07) is 6.93. The standard InChI is InChI=1S/C20H23FN6O/c1-25(2)12-14-3-4-19(22-11-14)26-5-7-27(8-6-26)20(28)15-9-17-18(10-16(15)21)24-13-23-17/h3-4,9-11,13H,5-8,12H2,1-2H3,(H,23,24). The number of pyridine rings is 1. The van der Waals surface area contributed by atoms with Crippen molar-refractivity contribution in [2.75, 3.05) is 45.2 Å². The van der Waals surface area contributed by atoms with Crippen molar-refractivity contribution in [1.29, 1.82) is 0 Å². The van der Waals surface area contributed by atoms with Crippen LogP contribution < -0.4 is 4.90 Å².